The third-order valence-electron chi connectivity index (χ3n) is 6.40. The van der Waals surface area contributed by atoms with Gasteiger partial charge in [-0.25, -0.2) is 8.42 Å². The highest BCUT2D eigenvalue weighted by Gasteiger charge is 2.28. The molecule has 0 heterocycles. The van der Waals surface area contributed by atoms with Crippen LogP contribution in [0.5, 0.6) is 0 Å². The lowest BCUT2D eigenvalue weighted by molar-refractivity contribution is -0.114. The number of rotatable bonds is 8. The van der Waals surface area contributed by atoms with Crippen LogP contribution in [0.25, 0.3) is 0 Å². The molecule has 1 aliphatic rings. The lowest BCUT2D eigenvalue weighted by Gasteiger charge is -2.25. The monoisotopic (exact) mass is 539 g/mol. The summed E-state index contributed by atoms with van der Waals surface area (Å²) in [7, 11) is -4.07. The molecule has 9 heteroatoms. The van der Waals surface area contributed by atoms with Crippen molar-refractivity contribution in [1.82, 2.24) is 5.32 Å². The maximum atomic E-state index is 13.6. The third kappa shape index (κ3) is 6.70. The van der Waals surface area contributed by atoms with Gasteiger partial charge >= 0.3 is 0 Å². The molecule has 194 valence electrons. The van der Waals surface area contributed by atoms with E-state index in [1.165, 1.54) is 18.6 Å². The molecule has 7 nitrogen and oxygen atoms in total. The second-order valence-electron chi connectivity index (χ2n) is 9.20. The number of nitrogens with zero attached hydrogens (tertiary/aromatic N) is 1. The average molecular weight is 540 g/mol. The first-order chi connectivity index (χ1) is 17.7. The average Bonchev–Trinajstić information content (AvgIpc) is 2.89. The number of para-hydroxylation sites is 1. The molecule has 0 atom stereocenters. The molecule has 2 N–H and O–H groups in total. The maximum absolute atomic E-state index is 13.6. The predicted octanol–water partition coefficient (Wildman–Crippen LogP) is 5.54. The zero-order valence-corrected chi connectivity index (χ0v) is 22.2. The molecule has 1 saturated carbocycles. The SMILES string of the molecule is Cc1ccc(S(=O)(=O)N(CC(=O)Nc2ccccc2C(=O)NC2CCCCC2)c2ccc(Cl)cc2)cc1. The number of aryl methyl sites for hydroxylation is 1. The molecule has 1 aliphatic carbocycles. The van der Waals surface area contributed by atoms with Gasteiger partial charge in [0.05, 0.1) is 21.8 Å². The quantitative estimate of drug-likeness (QED) is 0.392. The summed E-state index contributed by atoms with van der Waals surface area (Å²) in [6.07, 6.45) is 5.22. The number of sulfonamides is 1. The summed E-state index contributed by atoms with van der Waals surface area (Å²) < 4.78 is 28.2. The Bertz CT molecular complexity index is 1350. The topological polar surface area (TPSA) is 95.6 Å². The zero-order chi connectivity index (χ0) is 26.4. The number of benzene rings is 3. The lowest BCUT2D eigenvalue weighted by Crippen LogP contribution is -2.39. The van der Waals surface area contributed by atoms with Gasteiger partial charge in [0, 0.05) is 11.1 Å². The summed E-state index contributed by atoms with van der Waals surface area (Å²) in [4.78, 5) is 26.2. The van der Waals surface area contributed by atoms with Crippen LogP contribution in [0.15, 0.2) is 77.7 Å². The summed E-state index contributed by atoms with van der Waals surface area (Å²) in [6, 6.07) is 19.5. The Morgan fingerprint density at radius 2 is 1.57 bits per heavy atom. The van der Waals surface area contributed by atoms with Crippen LogP contribution in [-0.4, -0.2) is 32.8 Å². The summed E-state index contributed by atoms with van der Waals surface area (Å²) in [6.45, 7) is 1.37. The van der Waals surface area contributed by atoms with Crippen molar-refractivity contribution in [1.29, 1.82) is 0 Å². The summed E-state index contributed by atoms with van der Waals surface area (Å²) in [5.74, 6) is -0.840. The van der Waals surface area contributed by atoms with Crippen molar-refractivity contribution in [3.05, 3.63) is 88.9 Å². The fraction of sp³-hybridized carbons (Fsp3) is 0.286. The van der Waals surface area contributed by atoms with Crippen molar-refractivity contribution >= 4 is 44.8 Å². The number of hydrogen-bond acceptors (Lipinski definition) is 4. The van der Waals surface area contributed by atoms with Crippen LogP contribution < -0.4 is 14.9 Å². The van der Waals surface area contributed by atoms with E-state index in [0.717, 1.165) is 35.6 Å². The van der Waals surface area contributed by atoms with E-state index in [2.05, 4.69) is 10.6 Å². The van der Waals surface area contributed by atoms with E-state index >= 15 is 0 Å². The summed E-state index contributed by atoms with van der Waals surface area (Å²) in [5, 5.41) is 6.25. The Hall–Kier alpha value is -3.36. The van der Waals surface area contributed by atoms with Gasteiger partial charge in [0.1, 0.15) is 6.54 Å². The van der Waals surface area contributed by atoms with Gasteiger partial charge in [-0.15, -0.1) is 0 Å². The molecule has 1 fully saturated rings. The van der Waals surface area contributed by atoms with Crippen LogP contribution in [-0.2, 0) is 14.8 Å². The Labute approximate surface area is 222 Å². The van der Waals surface area contributed by atoms with Crippen molar-refractivity contribution in [2.45, 2.75) is 50.0 Å². The fourth-order valence-corrected chi connectivity index (χ4v) is 5.93. The number of carbonyl (C=O) groups excluding carboxylic acids is 2. The number of hydrogen-bond donors (Lipinski definition) is 2. The number of amides is 2. The van der Waals surface area contributed by atoms with E-state index in [9.17, 15) is 18.0 Å². The van der Waals surface area contributed by atoms with E-state index in [4.69, 9.17) is 11.6 Å². The number of nitrogens with one attached hydrogen (secondary N) is 2. The Morgan fingerprint density at radius 3 is 2.24 bits per heavy atom. The van der Waals surface area contributed by atoms with Gasteiger partial charge in [0.25, 0.3) is 15.9 Å². The molecule has 0 saturated heterocycles. The molecule has 0 aliphatic heterocycles. The number of anilines is 2. The lowest BCUT2D eigenvalue weighted by atomic mass is 9.95. The van der Waals surface area contributed by atoms with Crippen molar-refractivity contribution in [3.63, 3.8) is 0 Å². The van der Waals surface area contributed by atoms with Gasteiger partial charge in [-0.1, -0.05) is 60.7 Å². The first kappa shape index (κ1) is 26.7. The molecule has 3 aromatic rings. The minimum absolute atomic E-state index is 0.0631. The zero-order valence-electron chi connectivity index (χ0n) is 20.6. The molecular weight excluding hydrogens is 510 g/mol. The Kier molecular flexibility index (Phi) is 8.51. The highest BCUT2D eigenvalue weighted by atomic mass is 35.5. The molecular formula is C28H30ClN3O4S. The van der Waals surface area contributed by atoms with Gasteiger partial charge in [0.15, 0.2) is 0 Å². The first-order valence-corrected chi connectivity index (χ1v) is 14.1. The van der Waals surface area contributed by atoms with Crippen LogP contribution in [0.3, 0.4) is 0 Å². The minimum atomic E-state index is -4.07. The molecule has 0 aromatic heterocycles. The van der Waals surface area contributed by atoms with Gasteiger partial charge in [0.2, 0.25) is 5.91 Å². The van der Waals surface area contributed by atoms with Crippen LogP contribution in [0.4, 0.5) is 11.4 Å². The summed E-state index contributed by atoms with van der Waals surface area (Å²) >= 11 is 6.01. The highest BCUT2D eigenvalue weighted by molar-refractivity contribution is 7.92. The van der Waals surface area contributed by atoms with Crippen molar-refractivity contribution in [3.8, 4) is 0 Å². The first-order valence-electron chi connectivity index (χ1n) is 12.3. The highest BCUT2D eigenvalue weighted by Crippen LogP contribution is 2.26. The van der Waals surface area contributed by atoms with Gasteiger partial charge in [-0.2, -0.15) is 0 Å². The second-order valence-corrected chi connectivity index (χ2v) is 11.5. The standard InChI is InChI=1S/C28H30ClN3O4S/c1-20-11-17-24(18-12-20)37(35,36)32(23-15-13-21(29)14-16-23)19-27(33)31-26-10-6-5-9-25(26)28(34)30-22-7-3-2-4-8-22/h5-6,9-18,22H,2-4,7-8,19H2,1H3,(H,30,34)(H,31,33). The molecule has 2 amide bonds. The van der Waals surface area contributed by atoms with E-state index in [0.29, 0.717) is 22.0 Å². The number of carbonyl (C=O) groups is 2. The Morgan fingerprint density at radius 1 is 0.919 bits per heavy atom. The smallest absolute Gasteiger partial charge is 0.264 e. The normalized spacial score (nSPS) is 14.1. The maximum Gasteiger partial charge on any atom is 0.264 e. The van der Waals surface area contributed by atoms with Gasteiger partial charge in [-0.05, 0) is 68.3 Å². The molecule has 4 rings (SSSR count). The molecule has 0 spiro atoms. The van der Waals surface area contributed by atoms with E-state index in [1.54, 1.807) is 60.7 Å². The van der Waals surface area contributed by atoms with Crippen LogP contribution in [0.1, 0.15) is 48.0 Å². The number of halogens is 1. The second kappa shape index (κ2) is 11.8. The van der Waals surface area contributed by atoms with Gasteiger partial charge in [-0.3, -0.25) is 13.9 Å². The molecule has 3 aromatic carbocycles. The van der Waals surface area contributed by atoms with Crippen LogP contribution in [0.2, 0.25) is 5.02 Å². The van der Waals surface area contributed by atoms with E-state index in [-0.39, 0.29) is 16.8 Å². The van der Waals surface area contributed by atoms with Crippen molar-refractivity contribution in [2.75, 3.05) is 16.2 Å². The van der Waals surface area contributed by atoms with E-state index in [1.807, 2.05) is 6.92 Å². The molecule has 0 radical (unpaired) electrons. The third-order valence-corrected chi connectivity index (χ3v) is 8.44. The molecule has 0 unspecified atom stereocenters. The summed E-state index contributed by atoms with van der Waals surface area (Å²) in [5.41, 5.74) is 1.87. The van der Waals surface area contributed by atoms with Gasteiger partial charge < -0.3 is 10.6 Å². The van der Waals surface area contributed by atoms with Crippen molar-refractivity contribution < 1.29 is 18.0 Å². The molecule has 0 bridgehead atoms. The molecule has 37 heavy (non-hydrogen) atoms. The van der Waals surface area contributed by atoms with Crippen LogP contribution >= 0.6 is 11.6 Å². The Balaban J connectivity index is 1.57. The minimum Gasteiger partial charge on any atom is -0.349 e. The van der Waals surface area contributed by atoms with Crippen molar-refractivity contribution in [2.24, 2.45) is 0 Å². The predicted molar refractivity (Wildman–Crippen MR) is 147 cm³/mol. The fourth-order valence-electron chi connectivity index (χ4n) is 4.38. The van der Waals surface area contributed by atoms with Crippen LogP contribution in [0, 0.1) is 6.92 Å². The largest absolute Gasteiger partial charge is 0.349 e. The van der Waals surface area contributed by atoms with E-state index < -0.39 is 22.5 Å².